The van der Waals surface area contributed by atoms with Crippen LogP contribution in [0, 0.1) is 5.92 Å². The first-order valence-electron chi connectivity index (χ1n) is 7.40. The lowest BCUT2D eigenvalue weighted by atomic mass is 10.2. The van der Waals surface area contributed by atoms with E-state index in [0.29, 0.717) is 30.3 Å². The summed E-state index contributed by atoms with van der Waals surface area (Å²) in [4.78, 5) is 30.7. The average molecular weight is 342 g/mol. The van der Waals surface area contributed by atoms with Crippen molar-refractivity contribution < 1.29 is 29.0 Å². The van der Waals surface area contributed by atoms with Crippen LogP contribution in [-0.4, -0.2) is 36.2 Å². The third-order valence-electron chi connectivity index (χ3n) is 1.89. The summed E-state index contributed by atoms with van der Waals surface area (Å²) in [5.41, 5.74) is 1.09. The first-order valence-corrected chi connectivity index (χ1v) is 7.40. The van der Waals surface area contributed by atoms with Gasteiger partial charge in [0.2, 0.25) is 0 Å². The number of carboxylic acids is 1. The van der Waals surface area contributed by atoms with Gasteiger partial charge in [0.15, 0.2) is 0 Å². The predicted molar refractivity (Wildman–Crippen MR) is 94.5 cm³/mol. The molecule has 0 rings (SSSR count). The van der Waals surface area contributed by atoms with E-state index in [4.69, 9.17) is 9.84 Å². The SMILES string of the molecule is C=C(C)C(=O)O.C=C(C)C(=O)OCC.C=C(C)C(=O)OCC(C)C. The first-order chi connectivity index (χ1) is 10.9. The van der Waals surface area contributed by atoms with E-state index in [1.807, 2.05) is 13.8 Å². The summed E-state index contributed by atoms with van der Waals surface area (Å²) in [7, 11) is 0. The van der Waals surface area contributed by atoms with Gasteiger partial charge >= 0.3 is 17.9 Å². The predicted octanol–water partition coefficient (Wildman–Crippen LogP) is 3.53. The summed E-state index contributed by atoms with van der Waals surface area (Å²) in [5, 5.41) is 7.89. The molecule has 0 aromatic rings. The molecular formula is C18H30O6. The van der Waals surface area contributed by atoms with E-state index in [-0.39, 0.29) is 17.5 Å². The summed E-state index contributed by atoms with van der Waals surface area (Å²) in [6.45, 7) is 21.4. The van der Waals surface area contributed by atoms with Gasteiger partial charge in [-0.25, -0.2) is 14.4 Å². The van der Waals surface area contributed by atoms with Crippen molar-refractivity contribution in [3.63, 3.8) is 0 Å². The molecular weight excluding hydrogens is 312 g/mol. The largest absolute Gasteiger partial charge is 0.478 e. The Morgan fingerprint density at radius 2 is 1.21 bits per heavy atom. The van der Waals surface area contributed by atoms with E-state index in [1.54, 1.807) is 20.8 Å². The standard InChI is InChI=1S/C8H14O2.C6H10O2.C4H6O2/c1-6(2)5-10-8(9)7(3)4;1-4-8-6(7)5(2)3;1-3(2)4(5)6/h6H,3,5H2,1-2,4H3;2,4H2,1,3H3;1H2,2H3,(H,5,6). The van der Waals surface area contributed by atoms with Gasteiger partial charge in [0, 0.05) is 16.7 Å². The number of carbonyl (C=O) groups excluding carboxylic acids is 2. The van der Waals surface area contributed by atoms with Gasteiger partial charge in [0.1, 0.15) is 0 Å². The highest BCUT2D eigenvalue weighted by atomic mass is 16.5. The van der Waals surface area contributed by atoms with Gasteiger partial charge in [-0.05, 0) is 33.6 Å². The number of carbonyl (C=O) groups is 3. The van der Waals surface area contributed by atoms with Gasteiger partial charge in [-0.15, -0.1) is 0 Å². The van der Waals surface area contributed by atoms with Crippen LogP contribution < -0.4 is 0 Å². The molecule has 0 atom stereocenters. The molecule has 24 heavy (non-hydrogen) atoms. The molecule has 0 aromatic heterocycles. The molecule has 0 saturated carbocycles. The number of carboxylic acid groups (broad SMARTS) is 1. The molecule has 0 amide bonds. The molecule has 138 valence electrons. The molecule has 0 heterocycles. The fourth-order valence-electron chi connectivity index (χ4n) is 0.620. The molecule has 0 fully saturated rings. The number of hydrogen-bond donors (Lipinski definition) is 1. The summed E-state index contributed by atoms with van der Waals surface area (Å²) in [6.07, 6.45) is 0. The van der Waals surface area contributed by atoms with Crippen molar-refractivity contribution in [3.05, 3.63) is 36.5 Å². The Morgan fingerprint density at radius 3 is 1.38 bits per heavy atom. The molecule has 1 N–H and O–H groups in total. The second-order valence-electron chi connectivity index (χ2n) is 5.36. The van der Waals surface area contributed by atoms with Crippen molar-refractivity contribution in [3.8, 4) is 0 Å². The lowest BCUT2D eigenvalue weighted by Gasteiger charge is -2.05. The Kier molecular flexibility index (Phi) is 17.2. The zero-order valence-electron chi connectivity index (χ0n) is 15.6. The summed E-state index contributed by atoms with van der Waals surface area (Å²) >= 11 is 0. The Balaban J connectivity index is -0.000000285. The zero-order valence-corrected chi connectivity index (χ0v) is 15.6. The van der Waals surface area contributed by atoms with Gasteiger partial charge < -0.3 is 14.6 Å². The lowest BCUT2D eigenvalue weighted by molar-refractivity contribution is -0.140. The summed E-state index contributed by atoms with van der Waals surface area (Å²) in [5.74, 6) is -1.15. The van der Waals surface area contributed by atoms with Crippen LogP contribution in [-0.2, 0) is 23.9 Å². The van der Waals surface area contributed by atoms with Crippen molar-refractivity contribution in [2.75, 3.05) is 13.2 Å². The maximum Gasteiger partial charge on any atom is 0.333 e. The molecule has 0 aliphatic carbocycles. The second-order valence-corrected chi connectivity index (χ2v) is 5.36. The highest BCUT2D eigenvalue weighted by Gasteiger charge is 2.03. The number of rotatable bonds is 6. The van der Waals surface area contributed by atoms with Crippen molar-refractivity contribution >= 4 is 17.9 Å². The Labute approximate surface area is 144 Å². The van der Waals surface area contributed by atoms with E-state index < -0.39 is 5.97 Å². The van der Waals surface area contributed by atoms with E-state index in [0.717, 1.165) is 0 Å². The third kappa shape index (κ3) is 21.9. The van der Waals surface area contributed by atoms with Crippen LogP contribution in [0.2, 0.25) is 0 Å². The van der Waals surface area contributed by atoms with Crippen LogP contribution in [0.1, 0.15) is 41.5 Å². The minimum atomic E-state index is -0.935. The smallest absolute Gasteiger partial charge is 0.333 e. The Bertz CT molecular complexity index is 448. The highest BCUT2D eigenvalue weighted by Crippen LogP contribution is 1.97. The number of esters is 2. The lowest BCUT2D eigenvalue weighted by Crippen LogP contribution is -2.09. The number of hydrogen-bond acceptors (Lipinski definition) is 5. The molecule has 0 unspecified atom stereocenters. The molecule has 6 heteroatoms. The van der Waals surface area contributed by atoms with Crippen molar-refractivity contribution in [2.45, 2.75) is 41.5 Å². The van der Waals surface area contributed by atoms with Gasteiger partial charge in [0.05, 0.1) is 13.2 Å². The molecule has 0 radical (unpaired) electrons. The van der Waals surface area contributed by atoms with E-state index >= 15 is 0 Å². The molecule has 0 aliphatic rings. The second kappa shape index (κ2) is 15.5. The van der Waals surface area contributed by atoms with Crippen molar-refractivity contribution in [1.82, 2.24) is 0 Å². The molecule has 0 saturated heterocycles. The maximum absolute atomic E-state index is 10.7. The first kappa shape index (κ1) is 26.5. The van der Waals surface area contributed by atoms with Gasteiger partial charge in [-0.3, -0.25) is 0 Å². The van der Waals surface area contributed by atoms with Crippen molar-refractivity contribution in [1.29, 1.82) is 0 Å². The summed E-state index contributed by atoms with van der Waals surface area (Å²) < 4.78 is 9.39. The number of ether oxygens (including phenoxy) is 2. The highest BCUT2D eigenvalue weighted by molar-refractivity contribution is 5.87. The third-order valence-corrected chi connectivity index (χ3v) is 1.89. The molecule has 0 bridgehead atoms. The van der Waals surface area contributed by atoms with Crippen LogP contribution >= 0.6 is 0 Å². The van der Waals surface area contributed by atoms with Crippen molar-refractivity contribution in [2.24, 2.45) is 5.92 Å². The van der Waals surface area contributed by atoms with Crippen LogP contribution in [0.4, 0.5) is 0 Å². The molecule has 0 aliphatic heterocycles. The van der Waals surface area contributed by atoms with Gasteiger partial charge in [-0.2, -0.15) is 0 Å². The van der Waals surface area contributed by atoms with E-state index in [9.17, 15) is 14.4 Å². The van der Waals surface area contributed by atoms with Gasteiger partial charge in [-0.1, -0.05) is 33.6 Å². The minimum absolute atomic E-state index is 0.176. The fraction of sp³-hybridized carbons (Fsp3) is 0.500. The van der Waals surface area contributed by atoms with Gasteiger partial charge in [0.25, 0.3) is 0 Å². The fourth-order valence-corrected chi connectivity index (χ4v) is 0.620. The monoisotopic (exact) mass is 342 g/mol. The quantitative estimate of drug-likeness (QED) is 0.586. The summed E-state index contributed by atoms with van der Waals surface area (Å²) in [6, 6.07) is 0. The Morgan fingerprint density at radius 1 is 0.875 bits per heavy atom. The van der Waals surface area contributed by atoms with Crippen LogP contribution in [0.5, 0.6) is 0 Å². The van der Waals surface area contributed by atoms with Crippen LogP contribution in [0.15, 0.2) is 36.5 Å². The molecule has 0 aromatic carbocycles. The van der Waals surface area contributed by atoms with E-state index in [1.165, 1.54) is 6.92 Å². The maximum atomic E-state index is 10.7. The normalized spacial score (nSPS) is 8.62. The Hall–Kier alpha value is -2.37. The van der Waals surface area contributed by atoms with Crippen LogP contribution in [0.25, 0.3) is 0 Å². The topological polar surface area (TPSA) is 89.9 Å². The number of aliphatic carboxylic acids is 1. The minimum Gasteiger partial charge on any atom is -0.478 e. The molecule has 0 spiro atoms. The van der Waals surface area contributed by atoms with E-state index in [2.05, 4.69) is 24.5 Å². The zero-order chi connectivity index (χ0) is 19.9. The average Bonchev–Trinajstić information content (AvgIpc) is 2.45. The van der Waals surface area contributed by atoms with Crippen LogP contribution in [0.3, 0.4) is 0 Å². The molecule has 6 nitrogen and oxygen atoms in total.